The van der Waals surface area contributed by atoms with Crippen molar-refractivity contribution in [1.29, 1.82) is 0 Å². The molecular formula is C24H21N5O. The maximum absolute atomic E-state index is 12.7. The highest BCUT2D eigenvalue weighted by molar-refractivity contribution is 5.98. The number of nitrogens with one attached hydrogen (secondary N) is 1. The third-order valence-corrected chi connectivity index (χ3v) is 5.66. The Morgan fingerprint density at radius 1 is 1.13 bits per heavy atom. The van der Waals surface area contributed by atoms with Crippen molar-refractivity contribution in [2.24, 2.45) is 5.92 Å². The molecule has 6 heteroatoms. The van der Waals surface area contributed by atoms with Gasteiger partial charge in [0.25, 0.3) is 0 Å². The first-order valence-electron chi connectivity index (χ1n) is 9.93. The summed E-state index contributed by atoms with van der Waals surface area (Å²) in [6, 6.07) is 15.8. The summed E-state index contributed by atoms with van der Waals surface area (Å²) in [5, 5.41) is 4.62. The van der Waals surface area contributed by atoms with E-state index in [1.807, 2.05) is 61.7 Å². The molecular weight excluding hydrogens is 374 g/mol. The zero-order chi connectivity index (χ0) is 20.7. The van der Waals surface area contributed by atoms with Crippen molar-refractivity contribution in [3.05, 3.63) is 78.2 Å². The van der Waals surface area contributed by atoms with E-state index in [0.717, 1.165) is 39.6 Å². The number of nitrogen functional groups attached to an aromatic ring is 1. The zero-order valence-corrected chi connectivity index (χ0v) is 16.5. The summed E-state index contributed by atoms with van der Waals surface area (Å²) < 4.78 is 0. The average Bonchev–Trinajstić information content (AvgIpc) is 3.56. The Bertz CT molecular complexity index is 1260. The smallest absolute Gasteiger partial charge is 0.229 e. The number of nitrogens with two attached hydrogens (primary N) is 1. The molecule has 0 bridgehead atoms. The largest absolute Gasteiger partial charge is 0.383 e. The van der Waals surface area contributed by atoms with E-state index in [-0.39, 0.29) is 17.7 Å². The van der Waals surface area contributed by atoms with Crippen molar-refractivity contribution >= 4 is 28.3 Å². The van der Waals surface area contributed by atoms with Crippen molar-refractivity contribution < 1.29 is 4.79 Å². The number of fused-ring (bicyclic) bond motifs is 1. The van der Waals surface area contributed by atoms with Crippen LogP contribution in [0, 0.1) is 12.8 Å². The number of aryl methyl sites for hydroxylation is 1. The van der Waals surface area contributed by atoms with Gasteiger partial charge in [-0.25, -0.2) is 9.97 Å². The van der Waals surface area contributed by atoms with Gasteiger partial charge in [-0.2, -0.15) is 0 Å². The number of nitrogens with zero attached hydrogens (tertiary/aromatic N) is 3. The Morgan fingerprint density at radius 2 is 2.00 bits per heavy atom. The highest BCUT2D eigenvalue weighted by Gasteiger charge is 2.44. The summed E-state index contributed by atoms with van der Waals surface area (Å²) in [5.41, 5.74) is 10.3. The predicted octanol–water partition coefficient (Wildman–Crippen LogP) is 4.32. The fourth-order valence-electron chi connectivity index (χ4n) is 3.91. The number of rotatable bonds is 4. The number of carbonyl (C=O) groups is 1. The maximum Gasteiger partial charge on any atom is 0.229 e. The third kappa shape index (κ3) is 3.37. The summed E-state index contributed by atoms with van der Waals surface area (Å²) in [7, 11) is 0. The van der Waals surface area contributed by atoms with E-state index in [4.69, 9.17) is 5.73 Å². The summed E-state index contributed by atoms with van der Waals surface area (Å²) in [4.78, 5) is 25.8. The minimum atomic E-state index is -0.0447. The molecule has 1 aliphatic rings. The molecule has 5 rings (SSSR count). The van der Waals surface area contributed by atoms with Crippen molar-refractivity contribution in [2.75, 3.05) is 11.1 Å². The Labute approximate surface area is 174 Å². The lowest BCUT2D eigenvalue weighted by molar-refractivity contribution is -0.117. The molecule has 0 aliphatic heterocycles. The number of anilines is 2. The third-order valence-electron chi connectivity index (χ3n) is 5.66. The highest BCUT2D eigenvalue weighted by atomic mass is 16.2. The Hall–Kier alpha value is -3.80. The second-order valence-electron chi connectivity index (χ2n) is 7.72. The summed E-state index contributed by atoms with van der Waals surface area (Å²) in [6.07, 6.45) is 6.07. The molecule has 1 aromatic carbocycles. The Kier molecular flexibility index (Phi) is 4.39. The topological polar surface area (TPSA) is 93.8 Å². The number of pyridine rings is 3. The van der Waals surface area contributed by atoms with E-state index < -0.39 is 0 Å². The lowest BCUT2D eigenvalue weighted by atomic mass is 10.0. The van der Waals surface area contributed by atoms with Gasteiger partial charge in [0.2, 0.25) is 5.91 Å². The Morgan fingerprint density at radius 3 is 2.80 bits per heavy atom. The minimum absolute atomic E-state index is 0.0168. The van der Waals surface area contributed by atoms with Crippen LogP contribution in [0.4, 0.5) is 11.6 Å². The molecule has 148 valence electrons. The molecule has 3 N–H and O–H groups in total. The van der Waals surface area contributed by atoms with Crippen LogP contribution < -0.4 is 11.1 Å². The van der Waals surface area contributed by atoms with Gasteiger partial charge in [0, 0.05) is 35.5 Å². The van der Waals surface area contributed by atoms with Gasteiger partial charge in [-0.3, -0.25) is 9.78 Å². The summed E-state index contributed by atoms with van der Waals surface area (Å²) >= 11 is 0. The molecule has 0 spiro atoms. The molecule has 30 heavy (non-hydrogen) atoms. The molecule has 0 radical (unpaired) electrons. The number of amides is 1. The molecule has 1 aliphatic carbocycles. The number of benzene rings is 1. The summed E-state index contributed by atoms with van der Waals surface area (Å²) in [5.74, 6) is 1.11. The SMILES string of the molecule is Cc1ccccc1-c1cc2cc(NC(=O)[C@@H]3C[C@H]3c3cccnc3)ncc2c(N)n1. The van der Waals surface area contributed by atoms with Gasteiger partial charge in [0.1, 0.15) is 11.6 Å². The van der Waals surface area contributed by atoms with Gasteiger partial charge in [-0.1, -0.05) is 30.3 Å². The quantitative estimate of drug-likeness (QED) is 0.537. The number of hydrogen-bond donors (Lipinski definition) is 2. The molecule has 4 aromatic rings. The van der Waals surface area contributed by atoms with Crippen LogP contribution in [0.2, 0.25) is 0 Å². The van der Waals surface area contributed by atoms with Gasteiger partial charge in [-0.05, 0) is 54.0 Å². The second-order valence-corrected chi connectivity index (χ2v) is 7.72. The standard InChI is InChI=1S/C24H21N5O/c1-14-5-2-3-7-17(14)21-9-16-10-22(27-13-20(16)23(25)28-21)29-24(30)19-11-18(19)15-6-4-8-26-12-15/h2-10,12-13,18-19H,11H2,1H3,(H2,25,28)(H,27,29,30)/t18-,19+/m0/s1. The normalized spacial score (nSPS) is 17.6. The molecule has 1 amide bonds. The first kappa shape index (κ1) is 18.2. The number of aromatic nitrogens is 3. The van der Waals surface area contributed by atoms with E-state index in [1.54, 1.807) is 12.4 Å². The second kappa shape index (κ2) is 7.22. The van der Waals surface area contributed by atoms with Crippen LogP contribution in [-0.2, 0) is 4.79 Å². The average molecular weight is 395 g/mol. The monoisotopic (exact) mass is 395 g/mol. The van der Waals surface area contributed by atoms with E-state index in [9.17, 15) is 4.79 Å². The van der Waals surface area contributed by atoms with Gasteiger partial charge < -0.3 is 11.1 Å². The van der Waals surface area contributed by atoms with E-state index in [1.165, 1.54) is 0 Å². The van der Waals surface area contributed by atoms with Crippen LogP contribution in [0.5, 0.6) is 0 Å². The van der Waals surface area contributed by atoms with E-state index in [2.05, 4.69) is 20.3 Å². The minimum Gasteiger partial charge on any atom is -0.383 e. The first-order chi connectivity index (χ1) is 14.6. The fraction of sp³-hybridized carbons (Fsp3) is 0.167. The van der Waals surface area contributed by atoms with Crippen molar-refractivity contribution in [3.8, 4) is 11.3 Å². The van der Waals surface area contributed by atoms with Gasteiger partial charge in [0.05, 0.1) is 5.69 Å². The molecule has 3 heterocycles. The molecule has 1 saturated carbocycles. The summed E-state index contributed by atoms with van der Waals surface area (Å²) in [6.45, 7) is 2.05. The Balaban J connectivity index is 1.41. The van der Waals surface area contributed by atoms with Crippen LogP contribution in [-0.4, -0.2) is 20.9 Å². The highest BCUT2D eigenvalue weighted by Crippen LogP contribution is 2.47. The van der Waals surface area contributed by atoms with Crippen molar-refractivity contribution in [1.82, 2.24) is 15.0 Å². The van der Waals surface area contributed by atoms with Crippen LogP contribution in [0.15, 0.2) is 67.1 Å². The molecule has 3 aromatic heterocycles. The number of hydrogen-bond acceptors (Lipinski definition) is 5. The van der Waals surface area contributed by atoms with Gasteiger partial charge in [0.15, 0.2) is 0 Å². The molecule has 0 unspecified atom stereocenters. The van der Waals surface area contributed by atoms with Crippen LogP contribution in [0.25, 0.3) is 22.0 Å². The molecule has 0 saturated heterocycles. The van der Waals surface area contributed by atoms with E-state index >= 15 is 0 Å². The van der Waals surface area contributed by atoms with Gasteiger partial charge >= 0.3 is 0 Å². The molecule has 6 nitrogen and oxygen atoms in total. The van der Waals surface area contributed by atoms with Crippen molar-refractivity contribution in [3.63, 3.8) is 0 Å². The predicted molar refractivity (Wildman–Crippen MR) is 118 cm³/mol. The first-order valence-corrected chi connectivity index (χ1v) is 9.93. The molecule has 1 fully saturated rings. The van der Waals surface area contributed by atoms with Crippen LogP contribution in [0.1, 0.15) is 23.5 Å². The zero-order valence-electron chi connectivity index (χ0n) is 16.5. The van der Waals surface area contributed by atoms with Crippen LogP contribution in [0.3, 0.4) is 0 Å². The lowest BCUT2D eigenvalue weighted by Crippen LogP contribution is -2.15. The van der Waals surface area contributed by atoms with E-state index in [0.29, 0.717) is 11.6 Å². The molecule has 2 atom stereocenters. The maximum atomic E-state index is 12.7. The lowest BCUT2D eigenvalue weighted by Gasteiger charge is -2.10. The van der Waals surface area contributed by atoms with Crippen LogP contribution >= 0.6 is 0 Å². The van der Waals surface area contributed by atoms with Crippen molar-refractivity contribution in [2.45, 2.75) is 19.3 Å². The number of carbonyl (C=O) groups excluding carboxylic acids is 1. The fourth-order valence-corrected chi connectivity index (χ4v) is 3.91. The van der Waals surface area contributed by atoms with Gasteiger partial charge in [-0.15, -0.1) is 0 Å².